The van der Waals surface area contributed by atoms with Gasteiger partial charge in [0.05, 0.1) is 0 Å². The molecule has 0 spiro atoms. The van der Waals surface area contributed by atoms with Crippen molar-refractivity contribution >= 4 is 5.97 Å². The smallest absolute Gasteiger partial charge is 0.306 e. The molecule has 0 aromatic carbocycles. The van der Waals surface area contributed by atoms with E-state index in [2.05, 4.69) is 13.5 Å². The van der Waals surface area contributed by atoms with E-state index in [4.69, 9.17) is 4.74 Å². The van der Waals surface area contributed by atoms with Crippen LogP contribution in [0.4, 0.5) is 0 Å². The second-order valence-electron chi connectivity index (χ2n) is 6.45. The van der Waals surface area contributed by atoms with Crippen LogP contribution in [0.25, 0.3) is 0 Å². The Balaban J connectivity index is 2.43. The van der Waals surface area contributed by atoms with Crippen LogP contribution in [-0.2, 0) is 9.53 Å². The highest BCUT2D eigenvalue weighted by Crippen LogP contribution is 2.22. The maximum atomic E-state index is 11.8. The molecule has 0 bridgehead atoms. The lowest BCUT2D eigenvalue weighted by atomic mass is 9.94. The molecule has 0 amide bonds. The number of rotatable bonds is 0. The van der Waals surface area contributed by atoms with Gasteiger partial charge in [-0.3, -0.25) is 4.79 Å². The van der Waals surface area contributed by atoms with Crippen LogP contribution in [0, 0.1) is 5.92 Å². The number of allylic oxidation sites excluding steroid dienone is 1. The van der Waals surface area contributed by atoms with Crippen LogP contribution in [0.2, 0.25) is 0 Å². The van der Waals surface area contributed by atoms with Gasteiger partial charge in [-0.1, -0.05) is 57.6 Å². The molecule has 1 aliphatic heterocycles. The zero-order chi connectivity index (χ0) is 14.8. The van der Waals surface area contributed by atoms with Crippen molar-refractivity contribution in [3.05, 3.63) is 12.2 Å². The van der Waals surface area contributed by atoms with Crippen LogP contribution >= 0.6 is 0 Å². The first-order valence-corrected chi connectivity index (χ1v) is 8.45. The molecule has 116 valence electrons. The minimum Gasteiger partial charge on any atom is -0.462 e. The molecule has 0 radical (unpaired) electrons. The van der Waals surface area contributed by atoms with E-state index >= 15 is 0 Å². The number of hydrogen-bond acceptors (Lipinski definition) is 2. The molecule has 0 N–H and O–H groups in total. The zero-order valence-corrected chi connectivity index (χ0v) is 13.5. The zero-order valence-electron chi connectivity index (χ0n) is 13.5. The molecule has 1 saturated heterocycles. The van der Waals surface area contributed by atoms with Crippen LogP contribution in [-0.4, -0.2) is 12.1 Å². The number of carbonyl (C=O) groups is 1. The number of hydrogen-bond donors (Lipinski definition) is 0. The summed E-state index contributed by atoms with van der Waals surface area (Å²) in [5.74, 6) is 0.349. The molecule has 1 heterocycles. The van der Waals surface area contributed by atoms with Gasteiger partial charge in [0.1, 0.15) is 6.10 Å². The lowest BCUT2D eigenvalue weighted by Gasteiger charge is -2.21. The Kier molecular flexibility index (Phi) is 8.64. The summed E-state index contributed by atoms with van der Waals surface area (Å²) >= 11 is 0. The molecule has 0 aliphatic carbocycles. The molecule has 0 aromatic heterocycles. The van der Waals surface area contributed by atoms with E-state index in [0.717, 1.165) is 25.7 Å². The second-order valence-corrected chi connectivity index (χ2v) is 6.45. The predicted molar refractivity (Wildman–Crippen MR) is 84.6 cm³/mol. The highest BCUT2D eigenvalue weighted by molar-refractivity contribution is 5.69. The Morgan fingerprint density at radius 3 is 2.00 bits per heavy atom. The lowest BCUT2D eigenvalue weighted by Crippen LogP contribution is -2.22. The van der Waals surface area contributed by atoms with Gasteiger partial charge in [0, 0.05) is 6.42 Å². The Bertz CT molecular complexity index is 266. The van der Waals surface area contributed by atoms with E-state index in [1.165, 1.54) is 44.1 Å². The first-order valence-electron chi connectivity index (χ1n) is 8.45. The molecule has 20 heavy (non-hydrogen) atoms. The van der Waals surface area contributed by atoms with Crippen molar-refractivity contribution in [1.82, 2.24) is 0 Å². The summed E-state index contributed by atoms with van der Waals surface area (Å²) in [6, 6.07) is 0. The van der Waals surface area contributed by atoms with Gasteiger partial charge in [0.15, 0.2) is 0 Å². The summed E-state index contributed by atoms with van der Waals surface area (Å²) in [6.45, 7) is 8.35. The normalized spacial score (nSPS) is 28.9. The topological polar surface area (TPSA) is 26.3 Å². The maximum absolute atomic E-state index is 11.8. The van der Waals surface area contributed by atoms with Gasteiger partial charge in [-0.05, 0) is 38.5 Å². The molecule has 0 saturated carbocycles. The maximum Gasteiger partial charge on any atom is 0.306 e. The third-order valence-electron chi connectivity index (χ3n) is 4.39. The fourth-order valence-electron chi connectivity index (χ4n) is 2.81. The van der Waals surface area contributed by atoms with E-state index < -0.39 is 0 Å². The summed E-state index contributed by atoms with van der Waals surface area (Å²) in [5, 5.41) is 0. The molecule has 1 fully saturated rings. The van der Waals surface area contributed by atoms with Gasteiger partial charge < -0.3 is 4.74 Å². The summed E-state index contributed by atoms with van der Waals surface area (Å²) in [4.78, 5) is 11.8. The Morgan fingerprint density at radius 2 is 1.40 bits per heavy atom. The van der Waals surface area contributed by atoms with E-state index in [1.54, 1.807) is 0 Å². The van der Waals surface area contributed by atoms with Crippen LogP contribution in [0.1, 0.15) is 84.5 Å². The average Bonchev–Trinajstić information content (AvgIpc) is 2.39. The minimum absolute atomic E-state index is 0.00663. The average molecular weight is 280 g/mol. The molecule has 1 rings (SSSR count). The van der Waals surface area contributed by atoms with Gasteiger partial charge in [0.2, 0.25) is 0 Å². The van der Waals surface area contributed by atoms with Crippen molar-refractivity contribution in [2.75, 3.05) is 0 Å². The predicted octanol–water partition coefficient (Wildman–Crippen LogP) is 5.42. The van der Waals surface area contributed by atoms with Crippen LogP contribution in [0.3, 0.4) is 0 Å². The van der Waals surface area contributed by atoms with Crippen LogP contribution < -0.4 is 0 Å². The highest BCUT2D eigenvalue weighted by Gasteiger charge is 2.17. The first-order chi connectivity index (χ1) is 9.59. The number of ether oxygens (including phenoxy) is 1. The van der Waals surface area contributed by atoms with Crippen molar-refractivity contribution in [2.45, 2.75) is 90.6 Å². The fourth-order valence-corrected chi connectivity index (χ4v) is 2.81. The third-order valence-corrected chi connectivity index (χ3v) is 4.39. The minimum atomic E-state index is -0.0259. The summed E-state index contributed by atoms with van der Waals surface area (Å²) in [7, 11) is 0. The standard InChI is InChI=1S/C18H32O2/c1-15-12-10-8-6-4-5-7-9-11-13-18(19)20-17(3)16(2)14-15/h16-17H,1,4-14H2,2-3H3/t16?,17-/m0/s1. The SMILES string of the molecule is C=C1CCCCCCCCCCC(=O)O[C@@H](C)C(C)C1. The Hall–Kier alpha value is -0.790. The molecular formula is C18H32O2. The van der Waals surface area contributed by atoms with Gasteiger partial charge in [-0.2, -0.15) is 0 Å². The fraction of sp³-hybridized carbons (Fsp3) is 0.833. The molecule has 0 aromatic rings. The van der Waals surface area contributed by atoms with E-state index in [1.807, 2.05) is 6.92 Å². The molecule has 1 unspecified atom stereocenters. The Labute approximate surface area is 125 Å². The largest absolute Gasteiger partial charge is 0.462 e. The Morgan fingerprint density at radius 1 is 0.900 bits per heavy atom. The molecule has 2 atom stereocenters. The van der Waals surface area contributed by atoms with Crippen molar-refractivity contribution in [3.63, 3.8) is 0 Å². The van der Waals surface area contributed by atoms with Crippen molar-refractivity contribution in [2.24, 2.45) is 5.92 Å². The van der Waals surface area contributed by atoms with Gasteiger partial charge in [-0.25, -0.2) is 0 Å². The molecule has 2 nitrogen and oxygen atoms in total. The summed E-state index contributed by atoms with van der Waals surface area (Å²) < 4.78 is 5.53. The first kappa shape index (κ1) is 17.3. The van der Waals surface area contributed by atoms with Gasteiger partial charge >= 0.3 is 5.97 Å². The van der Waals surface area contributed by atoms with Crippen molar-refractivity contribution in [3.8, 4) is 0 Å². The second kappa shape index (κ2) is 10.0. The number of carbonyl (C=O) groups excluding carboxylic acids is 1. The number of esters is 1. The van der Waals surface area contributed by atoms with Crippen molar-refractivity contribution in [1.29, 1.82) is 0 Å². The molecule has 2 heteroatoms. The summed E-state index contributed by atoms with van der Waals surface area (Å²) in [5.41, 5.74) is 1.31. The van der Waals surface area contributed by atoms with Gasteiger partial charge in [-0.15, -0.1) is 0 Å². The van der Waals surface area contributed by atoms with Crippen LogP contribution in [0.5, 0.6) is 0 Å². The monoisotopic (exact) mass is 280 g/mol. The third kappa shape index (κ3) is 7.72. The quantitative estimate of drug-likeness (QED) is 0.438. The van der Waals surface area contributed by atoms with E-state index in [-0.39, 0.29) is 12.1 Å². The van der Waals surface area contributed by atoms with Crippen LogP contribution in [0.15, 0.2) is 12.2 Å². The molecular weight excluding hydrogens is 248 g/mol. The van der Waals surface area contributed by atoms with E-state index in [0.29, 0.717) is 12.3 Å². The number of cyclic esters (lactones) is 1. The highest BCUT2D eigenvalue weighted by atomic mass is 16.5. The summed E-state index contributed by atoms with van der Waals surface area (Å²) in [6.07, 6.45) is 12.7. The lowest BCUT2D eigenvalue weighted by molar-refractivity contribution is -0.150. The van der Waals surface area contributed by atoms with E-state index in [9.17, 15) is 4.79 Å². The van der Waals surface area contributed by atoms with Crippen molar-refractivity contribution < 1.29 is 9.53 Å². The molecule has 1 aliphatic rings. The van der Waals surface area contributed by atoms with Gasteiger partial charge in [0.25, 0.3) is 0 Å².